The van der Waals surface area contributed by atoms with E-state index in [0.29, 0.717) is 15.8 Å². The first-order chi connectivity index (χ1) is 12.1. The van der Waals surface area contributed by atoms with Crippen molar-refractivity contribution in [1.82, 2.24) is 4.90 Å². The molecule has 0 aromatic heterocycles. The summed E-state index contributed by atoms with van der Waals surface area (Å²) in [5.74, 6) is 1.34. The molecule has 2 aromatic carbocycles. The van der Waals surface area contributed by atoms with Crippen LogP contribution < -0.4 is 4.74 Å². The standard InChI is InChI=1S/C20H21Cl2NO2/c1-15(8-9-23-10-12-24-13-11-23)16-2-5-18(6-3-16)25-20-7-4-17(21)14-19(20)22/h2-8,14H,9-13H2,1H3/b15-8-. The van der Waals surface area contributed by atoms with Gasteiger partial charge in [-0.05, 0) is 48.4 Å². The van der Waals surface area contributed by atoms with E-state index in [2.05, 4.69) is 30.0 Å². The number of ether oxygens (including phenoxy) is 2. The van der Waals surface area contributed by atoms with Crippen molar-refractivity contribution < 1.29 is 9.47 Å². The van der Waals surface area contributed by atoms with E-state index in [-0.39, 0.29) is 0 Å². The van der Waals surface area contributed by atoms with Crippen LogP contribution in [-0.4, -0.2) is 37.7 Å². The number of allylic oxidation sites excluding steroid dienone is 1. The molecule has 0 bridgehead atoms. The lowest BCUT2D eigenvalue weighted by molar-refractivity contribution is 0.0435. The molecule has 0 unspecified atom stereocenters. The molecule has 1 heterocycles. The SMILES string of the molecule is C/C(=C/CN1CCOCC1)c1ccc(Oc2ccc(Cl)cc2Cl)cc1. The van der Waals surface area contributed by atoms with Crippen molar-refractivity contribution in [1.29, 1.82) is 0 Å². The first kappa shape index (κ1) is 18.3. The molecule has 0 saturated carbocycles. The highest BCUT2D eigenvalue weighted by Gasteiger charge is 2.09. The zero-order valence-corrected chi connectivity index (χ0v) is 15.7. The quantitative estimate of drug-likeness (QED) is 0.684. The molecule has 0 spiro atoms. The molecule has 1 aliphatic rings. The minimum Gasteiger partial charge on any atom is -0.456 e. The zero-order chi connectivity index (χ0) is 17.6. The Kier molecular flexibility index (Phi) is 6.38. The van der Waals surface area contributed by atoms with E-state index in [1.165, 1.54) is 11.1 Å². The normalized spacial score (nSPS) is 16.0. The van der Waals surface area contributed by atoms with E-state index in [1.54, 1.807) is 18.2 Å². The maximum absolute atomic E-state index is 6.14. The Bertz CT molecular complexity index is 738. The van der Waals surface area contributed by atoms with Crippen LogP contribution in [0.4, 0.5) is 0 Å². The van der Waals surface area contributed by atoms with E-state index < -0.39 is 0 Å². The van der Waals surface area contributed by atoms with Crippen LogP contribution in [0, 0.1) is 0 Å². The van der Waals surface area contributed by atoms with Gasteiger partial charge < -0.3 is 9.47 Å². The van der Waals surface area contributed by atoms with Gasteiger partial charge in [-0.15, -0.1) is 0 Å². The van der Waals surface area contributed by atoms with E-state index >= 15 is 0 Å². The molecule has 1 fully saturated rings. The molecule has 0 N–H and O–H groups in total. The summed E-state index contributed by atoms with van der Waals surface area (Å²) in [6.07, 6.45) is 2.26. The van der Waals surface area contributed by atoms with Crippen molar-refractivity contribution in [3.63, 3.8) is 0 Å². The highest BCUT2D eigenvalue weighted by molar-refractivity contribution is 6.35. The maximum Gasteiger partial charge on any atom is 0.146 e. The van der Waals surface area contributed by atoms with E-state index in [9.17, 15) is 0 Å². The van der Waals surface area contributed by atoms with Gasteiger partial charge in [0.25, 0.3) is 0 Å². The fourth-order valence-corrected chi connectivity index (χ4v) is 3.09. The fraction of sp³-hybridized carbons (Fsp3) is 0.300. The van der Waals surface area contributed by atoms with Gasteiger partial charge in [0.05, 0.1) is 18.2 Å². The molecule has 1 saturated heterocycles. The fourth-order valence-electron chi connectivity index (χ4n) is 2.64. The Balaban J connectivity index is 1.62. The summed E-state index contributed by atoms with van der Waals surface area (Å²) in [7, 11) is 0. The summed E-state index contributed by atoms with van der Waals surface area (Å²) in [6.45, 7) is 6.73. The second-order valence-corrected chi connectivity index (χ2v) is 6.84. The van der Waals surface area contributed by atoms with Crippen molar-refractivity contribution in [3.8, 4) is 11.5 Å². The topological polar surface area (TPSA) is 21.7 Å². The Morgan fingerprint density at radius 3 is 2.52 bits per heavy atom. The van der Waals surface area contributed by atoms with Crippen molar-refractivity contribution in [2.45, 2.75) is 6.92 Å². The minimum atomic E-state index is 0.498. The number of halogens is 2. The second kappa shape index (κ2) is 8.72. The Labute approximate surface area is 158 Å². The third kappa shape index (κ3) is 5.23. The van der Waals surface area contributed by atoms with Crippen molar-refractivity contribution in [2.75, 3.05) is 32.8 Å². The number of hydrogen-bond donors (Lipinski definition) is 0. The molecule has 132 valence electrons. The zero-order valence-electron chi connectivity index (χ0n) is 14.2. The minimum absolute atomic E-state index is 0.498. The lowest BCUT2D eigenvalue weighted by atomic mass is 10.1. The van der Waals surface area contributed by atoms with Gasteiger partial charge in [-0.3, -0.25) is 4.90 Å². The molecular weight excluding hydrogens is 357 g/mol. The molecule has 0 amide bonds. The van der Waals surface area contributed by atoms with E-state index in [0.717, 1.165) is 38.6 Å². The van der Waals surface area contributed by atoms with Gasteiger partial charge in [-0.2, -0.15) is 0 Å². The van der Waals surface area contributed by atoms with Crippen LogP contribution >= 0.6 is 23.2 Å². The predicted molar refractivity (Wildman–Crippen MR) is 104 cm³/mol. The number of rotatable bonds is 5. The summed E-state index contributed by atoms with van der Waals surface area (Å²) in [5, 5.41) is 1.09. The predicted octanol–water partition coefficient (Wildman–Crippen LogP) is 5.52. The lowest BCUT2D eigenvalue weighted by Gasteiger charge is -2.25. The second-order valence-electron chi connectivity index (χ2n) is 6.00. The van der Waals surface area contributed by atoms with Gasteiger partial charge in [-0.25, -0.2) is 0 Å². The van der Waals surface area contributed by atoms with Crippen LogP contribution in [0.1, 0.15) is 12.5 Å². The lowest BCUT2D eigenvalue weighted by Crippen LogP contribution is -2.36. The maximum atomic E-state index is 6.14. The number of morpholine rings is 1. The van der Waals surface area contributed by atoms with Gasteiger partial charge in [-0.1, -0.05) is 41.4 Å². The van der Waals surface area contributed by atoms with Crippen LogP contribution in [0.2, 0.25) is 10.0 Å². The smallest absolute Gasteiger partial charge is 0.146 e. The molecule has 0 atom stereocenters. The van der Waals surface area contributed by atoms with Crippen LogP contribution in [0.15, 0.2) is 48.5 Å². The molecule has 2 aromatic rings. The van der Waals surface area contributed by atoms with E-state index in [4.69, 9.17) is 32.7 Å². The molecule has 0 radical (unpaired) electrons. The van der Waals surface area contributed by atoms with Crippen LogP contribution in [0.3, 0.4) is 0 Å². The van der Waals surface area contributed by atoms with Gasteiger partial charge in [0, 0.05) is 24.7 Å². The highest BCUT2D eigenvalue weighted by atomic mass is 35.5. The number of nitrogens with zero attached hydrogens (tertiary/aromatic N) is 1. The molecular formula is C20H21Cl2NO2. The molecule has 3 nitrogen and oxygen atoms in total. The van der Waals surface area contributed by atoms with Gasteiger partial charge >= 0.3 is 0 Å². The number of benzene rings is 2. The molecule has 3 rings (SSSR count). The van der Waals surface area contributed by atoms with Crippen LogP contribution in [0.5, 0.6) is 11.5 Å². The van der Waals surface area contributed by atoms with Crippen LogP contribution in [-0.2, 0) is 4.74 Å². The van der Waals surface area contributed by atoms with Crippen LogP contribution in [0.25, 0.3) is 5.57 Å². The average molecular weight is 378 g/mol. The van der Waals surface area contributed by atoms with Crippen molar-refractivity contribution in [2.24, 2.45) is 0 Å². The van der Waals surface area contributed by atoms with E-state index in [1.807, 2.05) is 12.1 Å². The third-order valence-electron chi connectivity index (χ3n) is 4.19. The monoisotopic (exact) mass is 377 g/mol. The summed E-state index contributed by atoms with van der Waals surface area (Å²) < 4.78 is 11.2. The van der Waals surface area contributed by atoms with Crippen molar-refractivity contribution in [3.05, 3.63) is 64.1 Å². The number of hydrogen-bond acceptors (Lipinski definition) is 3. The first-order valence-electron chi connectivity index (χ1n) is 8.32. The van der Waals surface area contributed by atoms with Gasteiger partial charge in [0.1, 0.15) is 11.5 Å². The first-order valence-corrected chi connectivity index (χ1v) is 9.07. The molecule has 0 aliphatic carbocycles. The summed E-state index contributed by atoms with van der Waals surface area (Å²) in [4.78, 5) is 2.40. The molecule has 25 heavy (non-hydrogen) atoms. The Morgan fingerprint density at radius 1 is 1.12 bits per heavy atom. The molecule has 1 aliphatic heterocycles. The Morgan fingerprint density at radius 2 is 1.84 bits per heavy atom. The largest absolute Gasteiger partial charge is 0.456 e. The Hall–Kier alpha value is -1.52. The average Bonchev–Trinajstić information content (AvgIpc) is 2.63. The van der Waals surface area contributed by atoms with Crippen molar-refractivity contribution >= 4 is 28.8 Å². The van der Waals surface area contributed by atoms with Gasteiger partial charge in [0.15, 0.2) is 0 Å². The molecule has 5 heteroatoms. The third-order valence-corrected chi connectivity index (χ3v) is 4.72. The highest BCUT2D eigenvalue weighted by Crippen LogP contribution is 2.32. The summed E-state index contributed by atoms with van der Waals surface area (Å²) >= 11 is 12.0. The summed E-state index contributed by atoms with van der Waals surface area (Å²) in [6, 6.07) is 13.2. The van der Waals surface area contributed by atoms with Gasteiger partial charge in [0.2, 0.25) is 0 Å². The summed E-state index contributed by atoms with van der Waals surface area (Å²) in [5.41, 5.74) is 2.44.